The lowest BCUT2D eigenvalue weighted by atomic mass is 10.1. The maximum absolute atomic E-state index is 13.0. The molecule has 0 saturated heterocycles. The Labute approximate surface area is 174 Å². The van der Waals surface area contributed by atoms with Crippen LogP contribution in [0.1, 0.15) is 5.56 Å². The summed E-state index contributed by atoms with van der Waals surface area (Å²) in [4.78, 5) is 12.0. The number of carbonyl (C=O) groups is 1. The van der Waals surface area contributed by atoms with E-state index in [-0.39, 0.29) is 11.4 Å². The summed E-state index contributed by atoms with van der Waals surface area (Å²) in [6.07, 6.45) is -4.54. The minimum absolute atomic E-state index is 0.0856. The molecule has 0 fully saturated rings. The Morgan fingerprint density at radius 3 is 2.68 bits per heavy atom. The Hall–Kier alpha value is -2.11. The monoisotopic (exact) mass is 488 g/mol. The molecular formula is C17H12BrF3N4OS2. The van der Waals surface area contributed by atoms with Crippen LogP contribution in [-0.2, 0) is 11.0 Å². The van der Waals surface area contributed by atoms with Gasteiger partial charge in [-0.15, -0.1) is 10.2 Å². The topological polar surface area (TPSA) is 66.9 Å². The van der Waals surface area contributed by atoms with Gasteiger partial charge in [0.1, 0.15) is 0 Å². The van der Waals surface area contributed by atoms with Gasteiger partial charge in [-0.2, -0.15) is 13.2 Å². The van der Waals surface area contributed by atoms with Gasteiger partial charge in [-0.3, -0.25) is 4.79 Å². The lowest BCUT2D eigenvalue weighted by Crippen LogP contribution is -2.18. The van der Waals surface area contributed by atoms with Gasteiger partial charge in [-0.25, -0.2) is 0 Å². The van der Waals surface area contributed by atoms with Gasteiger partial charge in [0.05, 0.1) is 17.0 Å². The minimum Gasteiger partial charge on any atom is -0.330 e. The Morgan fingerprint density at radius 1 is 1.14 bits per heavy atom. The summed E-state index contributed by atoms with van der Waals surface area (Å²) in [6.45, 7) is 0. The van der Waals surface area contributed by atoms with Gasteiger partial charge in [0.25, 0.3) is 0 Å². The molecule has 0 spiro atoms. The molecule has 146 valence electrons. The number of rotatable bonds is 6. The van der Waals surface area contributed by atoms with Gasteiger partial charge in [0, 0.05) is 10.2 Å². The average molecular weight is 489 g/mol. The number of anilines is 3. The maximum atomic E-state index is 13.0. The number of thioether (sulfide) groups is 1. The standard InChI is InChI=1S/C17H12BrF3N4OS2/c18-10-4-3-5-11(8-10)22-15-24-25-16(28-15)27-9-14(26)23-13-7-2-1-6-12(13)17(19,20)21/h1-8H,9H2,(H,22,24)(H,23,26). The molecule has 5 nitrogen and oxygen atoms in total. The van der Waals surface area contributed by atoms with Crippen LogP contribution in [0.2, 0.25) is 0 Å². The quantitative estimate of drug-likeness (QED) is 0.429. The van der Waals surface area contributed by atoms with Crippen molar-refractivity contribution in [1.82, 2.24) is 10.2 Å². The molecule has 0 atom stereocenters. The molecule has 3 aromatic rings. The SMILES string of the molecule is O=C(CSc1nnc(Nc2cccc(Br)c2)s1)Nc1ccccc1C(F)(F)F. The van der Waals surface area contributed by atoms with Crippen molar-refractivity contribution in [2.75, 3.05) is 16.4 Å². The highest BCUT2D eigenvalue weighted by Crippen LogP contribution is 2.35. The van der Waals surface area contributed by atoms with Gasteiger partial charge >= 0.3 is 6.18 Å². The van der Waals surface area contributed by atoms with Gasteiger partial charge < -0.3 is 10.6 Å². The fourth-order valence-electron chi connectivity index (χ4n) is 2.16. The van der Waals surface area contributed by atoms with Crippen molar-refractivity contribution in [3.63, 3.8) is 0 Å². The fraction of sp³-hybridized carbons (Fsp3) is 0.118. The molecule has 2 N–H and O–H groups in total. The molecule has 0 radical (unpaired) electrons. The number of alkyl halides is 3. The molecule has 2 aromatic carbocycles. The lowest BCUT2D eigenvalue weighted by molar-refractivity contribution is -0.137. The Bertz CT molecular complexity index is 981. The highest BCUT2D eigenvalue weighted by atomic mass is 79.9. The van der Waals surface area contributed by atoms with Crippen molar-refractivity contribution in [3.8, 4) is 0 Å². The van der Waals surface area contributed by atoms with Gasteiger partial charge in [0.15, 0.2) is 4.34 Å². The number of hydrogen-bond acceptors (Lipinski definition) is 6. The zero-order valence-corrected chi connectivity index (χ0v) is 17.2. The van der Waals surface area contributed by atoms with Crippen LogP contribution in [0.3, 0.4) is 0 Å². The third-order valence-electron chi connectivity index (χ3n) is 3.32. The second-order valence-electron chi connectivity index (χ2n) is 5.39. The summed E-state index contributed by atoms with van der Waals surface area (Å²) in [7, 11) is 0. The molecule has 28 heavy (non-hydrogen) atoms. The Kier molecular flexibility index (Phi) is 6.57. The Morgan fingerprint density at radius 2 is 1.93 bits per heavy atom. The first kappa shape index (κ1) is 20.6. The zero-order chi connectivity index (χ0) is 20.1. The molecular weight excluding hydrogens is 477 g/mol. The Balaban J connectivity index is 1.57. The summed E-state index contributed by atoms with van der Waals surface area (Å²) in [6, 6.07) is 12.3. The van der Waals surface area contributed by atoms with Gasteiger partial charge in [-0.05, 0) is 30.3 Å². The van der Waals surface area contributed by atoms with E-state index in [1.807, 2.05) is 24.3 Å². The number of para-hydroxylation sites is 1. The summed E-state index contributed by atoms with van der Waals surface area (Å²) < 4.78 is 40.4. The highest BCUT2D eigenvalue weighted by Gasteiger charge is 2.33. The van der Waals surface area contributed by atoms with Crippen molar-refractivity contribution in [2.24, 2.45) is 0 Å². The number of aromatic nitrogens is 2. The predicted molar refractivity (Wildman–Crippen MR) is 108 cm³/mol. The van der Waals surface area contributed by atoms with Crippen molar-refractivity contribution in [1.29, 1.82) is 0 Å². The van der Waals surface area contributed by atoms with Gasteiger partial charge in [0.2, 0.25) is 11.0 Å². The largest absolute Gasteiger partial charge is 0.418 e. The second-order valence-corrected chi connectivity index (χ2v) is 8.50. The molecule has 1 heterocycles. The summed E-state index contributed by atoms with van der Waals surface area (Å²) in [5.41, 5.74) is -0.330. The van der Waals surface area contributed by atoms with Crippen LogP contribution in [0.4, 0.5) is 29.7 Å². The van der Waals surface area contributed by atoms with E-state index in [2.05, 4.69) is 36.8 Å². The average Bonchev–Trinajstić information content (AvgIpc) is 3.07. The zero-order valence-electron chi connectivity index (χ0n) is 14.0. The molecule has 0 aliphatic heterocycles. The van der Waals surface area contributed by atoms with Crippen LogP contribution in [-0.4, -0.2) is 21.9 Å². The number of nitrogens with one attached hydrogen (secondary N) is 2. The van der Waals surface area contributed by atoms with E-state index < -0.39 is 17.6 Å². The lowest BCUT2D eigenvalue weighted by Gasteiger charge is -2.13. The smallest absolute Gasteiger partial charge is 0.330 e. The van der Waals surface area contributed by atoms with Crippen LogP contribution < -0.4 is 10.6 Å². The van der Waals surface area contributed by atoms with E-state index in [0.717, 1.165) is 28.0 Å². The summed E-state index contributed by atoms with van der Waals surface area (Å²) in [5.74, 6) is -0.643. The maximum Gasteiger partial charge on any atom is 0.418 e. The van der Waals surface area contributed by atoms with E-state index in [1.54, 1.807) is 0 Å². The van der Waals surface area contributed by atoms with Crippen LogP contribution in [0, 0.1) is 0 Å². The molecule has 3 rings (SSSR count). The number of halogens is 4. The van der Waals surface area contributed by atoms with E-state index in [0.29, 0.717) is 9.47 Å². The number of nitrogens with zero attached hydrogens (tertiary/aromatic N) is 2. The van der Waals surface area contributed by atoms with Crippen molar-refractivity contribution >= 4 is 61.4 Å². The second kappa shape index (κ2) is 8.93. The predicted octanol–water partition coefficient (Wildman–Crippen LogP) is 5.79. The number of hydrogen-bond donors (Lipinski definition) is 2. The molecule has 0 saturated carbocycles. The highest BCUT2D eigenvalue weighted by molar-refractivity contribution is 9.10. The molecule has 1 aromatic heterocycles. The third-order valence-corrected chi connectivity index (χ3v) is 5.78. The first-order valence-electron chi connectivity index (χ1n) is 7.76. The van der Waals surface area contributed by atoms with Crippen molar-refractivity contribution in [2.45, 2.75) is 10.5 Å². The number of benzene rings is 2. The fourth-order valence-corrected chi connectivity index (χ4v) is 4.13. The van der Waals surface area contributed by atoms with Gasteiger partial charge in [-0.1, -0.05) is 57.2 Å². The van der Waals surface area contributed by atoms with Crippen molar-refractivity contribution < 1.29 is 18.0 Å². The first-order valence-corrected chi connectivity index (χ1v) is 10.4. The van der Waals surface area contributed by atoms with Crippen molar-refractivity contribution in [3.05, 3.63) is 58.6 Å². The molecule has 0 bridgehead atoms. The number of carbonyl (C=O) groups excluding carboxylic acids is 1. The van der Waals surface area contributed by atoms with E-state index >= 15 is 0 Å². The van der Waals surface area contributed by atoms with E-state index in [1.165, 1.54) is 29.5 Å². The third kappa shape index (κ3) is 5.69. The molecule has 1 amide bonds. The van der Waals surface area contributed by atoms with E-state index in [4.69, 9.17) is 0 Å². The molecule has 11 heteroatoms. The van der Waals surface area contributed by atoms with Crippen LogP contribution in [0.15, 0.2) is 57.3 Å². The molecule has 0 aliphatic rings. The minimum atomic E-state index is -4.54. The van der Waals surface area contributed by atoms with Crippen LogP contribution >= 0.6 is 39.0 Å². The summed E-state index contributed by atoms with van der Waals surface area (Å²) in [5, 5.41) is 13.9. The molecule has 0 aliphatic carbocycles. The number of amides is 1. The molecule has 0 unspecified atom stereocenters. The van der Waals surface area contributed by atoms with Crippen LogP contribution in [0.5, 0.6) is 0 Å². The first-order chi connectivity index (χ1) is 13.3. The van der Waals surface area contributed by atoms with Crippen LogP contribution in [0.25, 0.3) is 0 Å². The summed E-state index contributed by atoms with van der Waals surface area (Å²) >= 11 is 5.72. The van der Waals surface area contributed by atoms with E-state index in [9.17, 15) is 18.0 Å². The normalized spacial score (nSPS) is 11.3.